The largest absolute Gasteiger partial charge is 0.247 e. The smallest absolute Gasteiger partial charge is 0.0781 e. The highest BCUT2D eigenvalue weighted by atomic mass is 35.5. The molecule has 20 heavy (non-hydrogen) atoms. The fourth-order valence-electron chi connectivity index (χ4n) is 2.84. The summed E-state index contributed by atoms with van der Waals surface area (Å²) < 4.78 is 0. The molecule has 2 nitrogen and oxygen atoms in total. The summed E-state index contributed by atoms with van der Waals surface area (Å²) in [7, 11) is 0. The summed E-state index contributed by atoms with van der Waals surface area (Å²) in [5.41, 5.74) is 4.55. The van der Waals surface area contributed by atoms with Gasteiger partial charge in [0, 0.05) is 18.1 Å². The number of benzene rings is 1. The third kappa shape index (κ3) is 3.42. The minimum absolute atomic E-state index is 0.0975. The van der Waals surface area contributed by atoms with Crippen molar-refractivity contribution in [1.82, 2.24) is 10.4 Å². The Hall–Kier alpha value is 0.01000. The number of rotatable bonds is 3. The number of hydrogen-bond acceptors (Lipinski definition) is 2. The molecule has 1 heterocycles. The lowest BCUT2D eigenvalue weighted by molar-refractivity contribution is 0.0320. The van der Waals surface area contributed by atoms with Crippen molar-refractivity contribution >= 4 is 34.8 Å². The Labute approximate surface area is 136 Å². The van der Waals surface area contributed by atoms with E-state index in [1.165, 1.54) is 19.3 Å². The average Bonchev–Trinajstić information content (AvgIpc) is 2.40. The molecule has 112 valence electrons. The van der Waals surface area contributed by atoms with E-state index < -0.39 is 0 Å². The molecule has 1 aliphatic heterocycles. The van der Waals surface area contributed by atoms with Gasteiger partial charge in [0.15, 0.2) is 0 Å². The third-order valence-corrected chi connectivity index (χ3v) is 5.38. The second-order valence-corrected chi connectivity index (χ2v) is 6.81. The molecule has 3 atom stereocenters. The van der Waals surface area contributed by atoms with E-state index in [-0.39, 0.29) is 6.04 Å². The normalized spacial score (nSPS) is 25.7. The van der Waals surface area contributed by atoms with Crippen LogP contribution in [0.15, 0.2) is 12.1 Å². The van der Waals surface area contributed by atoms with Crippen molar-refractivity contribution in [3.63, 3.8) is 0 Å². The highest BCUT2D eigenvalue weighted by molar-refractivity contribution is 6.48. The topological polar surface area (TPSA) is 15.3 Å². The van der Waals surface area contributed by atoms with Crippen molar-refractivity contribution in [2.24, 2.45) is 0 Å². The van der Waals surface area contributed by atoms with Crippen molar-refractivity contribution in [2.75, 3.05) is 0 Å². The van der Waals surface area contributed by atoms with Gasteiger partial charge in [-0.05, 0) is 45.2 Å². The fraction of sp³-hybridized carbons (Fsp3) is 0.600. The summed E-state index contributed by atoms with van der Waals surface area (Å²) >= 11 is 18.4. The number of hydrogen-bond donors (Lipinski definition) is 1. The second-order valence-electron chi connectivity index (χ2n) is 5.65. The molecule has 5 heteroatoms. The molecule has 1 aromatic rings. The zero-order valence-corrected chi connectivity index (χ0v) is 14.4. The van der Waals surface area contributed by atoms with Crippen LogP contribution in [0.5, 0.6) is 0 Å². The monoisotopic (exact) mass is 334 g/mol. The van der Waals surface area contributed by atoms with Crippen LogP contribution >= 0.6 is 34.8 Å². The van der Waals surface area contributed by atoms with Gasteiger partial charge in [0.05, 0.1) is 15.1 Å². The molecule has 1 fully saturated rings. The molecule has 0 aromatic heterocycles. The van der Waals surface area contributed by atoms with Crippen LogP contribution in [0.4, 0.5) is 0 Å². The molecule has 0 spiro atoms. The zero-order chi connectivity index (χ0) is 14.9. The predicted octanol–water partition coefficient (Wildman–Crippen LogP) is 5.48. The Bertz CT molecular complexity index is 468. The van der Waals surface area contributed by atoms with Crippen LogP contribution in [0.25, 0.3) is 0 Å². The number of nitrogens with zero attached hydrogens (tertiary/aromatic N) is 1. The summed E-state index contributed by atoms with van der Waals surface area (Å²) in [6, 6.07) is 4.89. The van der Waals surface area contributed by atoms with E-state index in [9.17, 15) is 0 Å². The van der Waals surface area contributed by atoms with Crippen LogP contribution in [0, 0.1) is 0 Å². The predicted molar refractivity (Wildman–Crippen MR) is 87.6 cm³/mol. The molecule has 0 amide bonds. The van der Waals surface area contributed by atoms with Gasteiger partial charge in [0.1, 0.15) is 0 Å². The first-order valence-electron chi connectivity index (χ1n) is 7.09. The molecule has 1 saturated heterocycles. The van der Waals surface area contributed by atoms with E-state index in [4.69, 9.17) is 34.8 Å². The van der Waals surface area contributed by atoms with Gasteiger partial charge >= 0.3 is 0 Å². The van der Waals surface area contributed by atoms with E-state index in [0.29, 0.717) is 27.2 Å². The summed E-state index contributed by atoms with van der Waals surface area (Å²) in [5, 5.41) is 3.80. The van der Waals surface area contributed by atoms with Gasteiger partial charge < -0.3 is 0 Å². The van der Waals surface area contributed by atoms with Gasteiger partial charge in [-0.25, -0.2) is 10.4 Å². The van der Waals surface area contributed by atoms with Crippen LogP contribution in [-0.4, -0.2) is 17.1 Å². The molecule has 0 radical (unpaired) electrons. The number of halogens is 3. The van der Waals surface area contributed by atoms with Gasteiger partial charge in [0.2, 0.25) is 0 Å². The maximum atomic E-state index is 6.31. The maximum absolute atomic E-state index is 6.31. The van der Waals surface area contributed by atoms with Gasteiger partial charge in [-0.1, -0.05) is 47.3 Å². The highest BCUT2D eigenvalue weighted by Gasteiger charge is 2.26. The summed E-state index contributed by atoms with van der Waals surface area (Å²) in [5.74, 6) is 0. The van der Waals surface area contributed by atoms with Crippen molar-refractivity contribution in [3.05, 3.63) is 32.8 Å². The van der Waals surface area contributed by atoms with Crippen molar-refractivity contribution in [3.8, 4) is 0 Å². The molecular weight excluding hydrogens is 315 g/mol. The average molecular weight is 336 g/mol. The molecule has 0 bridgehead atoms. The highest BCUT2D eigenvalue weighted by Crippen LogP contribution is 2.36. The zero-order valence-electron chi connectivity index (χ0n) is 12.1. The Morgan fingerprint density at radius 3 is 2.30 bits per heavy atom. The molecular formula is C15H21Cl3N2. The summed E-state index contributed by atoms with van der Waals surface area (Å²) in [6.45, 7) is 6.61. The summed E-state index contributed by atoms with van der Waals surface area (Å²) in [6.07, 6.45) is 3.74. The van der Waals surface area contributed by atoms with Gasteiger partial charge in [0.25, 0.3) is 0 Å². The van der Waals surface area contributed by atoms with Crippen LogP contribution < -0.4 is 5.43 Å². The molecule has 3 unspecified atom stereocenters. The Kier molecular flexibility index (Phi) is 5.61. The SMILES string of the molecule is CC(NN1C(C)CCCC1C)c1ccc(Cl)c(Cl)c1Cl. The van der Waals surface area contributed by atoms with E-state index in [1.807, 2.05) is 6.07 Å². The number of hydrazine groups is 1. The Morgan fingerprint density at radius 2 is 1.70 bits per heavy atom. The summed E-state index contributed by atoms with van der Waals surface area (Å²) in [4.78, 5) is 0. The van der Waals surface area contributed by atoms with Gasteiger partial charge in [-0.2, -0.15) is 0 Å². The van der Waals surface area contributed by atoms with Crippen LogP contribution in [0.2, 0.25) is 15.1 Å². The second kappa shape index (κ2) is 6.85. The van der Waals surface area contributed by atoms with Crippen molar-refractivity contribution in [2.45, 2.75) is 58.2 Å². The lowest BCUT2D eigenvalue weighted by atomic mass is 9.99. The first kappa shape index (κ1) is 16.4. The lowest BCUT2D eigenvalue weighted by Crippen LogP contribution is -2.52. The van der Waals surface area contributed by atoms with Crippen molar-refractivity contribution < 1.29 is 0 Å². The van der Waals surface area contributed by atoms with Crippen molar-refractivity contribution in [1.29, 1.82) is 0 Å². The molecule has 1 aliphatic rings. The molecule has 1 N–H and O–H groups in total. The van der Waals surface area contributed by atoms with Crippen LogP contribution in [0.1, 0.15) is 51.6 Å². The lowest BCUT2D eigenvalue weighted by Gasteiger charge is -2.41. The minimum Gasteiger partial charge on any atom is -0.247 e. The van der Waals surface area contributed by atoms with E-state index in [2.05, 4.69) is 31.2 Å². The van der Waals surface area contributed by atoms with E-state index in [0.717, 1.165) is 5.56 Å². The van der Waals surface area contributed by atoms with E-state index in [1.54, 1.807) is 6.07 Å². The molecule has 0 aliphatic carbocycles. The maximum Gasteiger partial charge on any atom is 0.0781 e. The Morgan fingerprint density at radius 1 is 1.10 bits per heavy atom. The Balaban J connectivity index is 2.15. The quantitative estimate of drug-likeness (QED) is 0.736. The fourth-order valence-corrected chi connectivity index (χ4v) is 3.55. The first-order chi connectivity index (χ1) is 9.41. The third-order valence-electron chi connectivity index (χ3n) is 4.07. The van der Waals surface area contributed by atoms with Crippen LogP contribution in [-0.2, 0) is 0 Å². The first-order valence-corrected chi connectivity index (χ1v) is 8.23. The molecule has 1 aromatic carbocycles. The van der Waals surface area contributed by atoms with E-state index >= 15 is 0 Å². The molecule has 2 rings (SSSR count). The van der Waals surface area contributed by atoms with Crippen LogP contribution in [0.3, 0.4) is 0 Å². The van der Waals surface area contributed by atoms with Gasteiger partial charge in [-0.3, -0.25) is 0 Å². The number of piperidine rings is 1. The molecule has 0 saturated carbocycles. The standard InChI is InChI=1S/C15H21Cl3N2/c1-9-5-4-6-10(2)20(9)19-11(3)12-7-8-13(16)15(18)14(12)17/h7-11,19H,4-6H2,1-3H3. The number of nitrogens with one attached hydrogen (secondary N) is 1. The van der Waals surface area contributed by atoms with Gasteiger partial charge in [-0.15, -0.1) is 0 Å². The minimum atomic E-state index is 0.0975.